The zero-order chi connectivity index (χ0) is 13.8. The number of hydrogen-bond acceptors (Lipinski definition) is 2. The molecule has 1 aliphatic heterocycles. The standard InChI is InChI=1S/C15H22ClFN2.2ClH/c1-11(2)9-15(19-7-5-18-6-8-19)13-10-12(17)3-4-14(13)16;;/h3-4,10-11,15,18H,5-9H2,1-2H3;2*1H/t15-;;/m0../s1. The molecular formula is C15H24Cl3FN2. The van der Waals surface area contributed by atoms with Crippen molar-refractivity contribution in [2.24, 2.45) is 5.92 Å². The van der Waals surface area contributed by atoms with Crippen molar-refractivity contribution in [3.63, 3.8) is 0 Å². The van der Waals surface area contributed by atoms with Crippen molar-refractivity contribution in [1.29, 1.82) is 0 Å². The fraction of sp³-hybridized carbons (Fsp3) is 0.600. The van der Waals surface area contributed by atoms with E-state index < -0.39 is 0 Å². The van der Waals surface area contributed by atoms with Crippen LogP contribution in [0.5, 0.6) is 0 Å². The first kappa shape index (κ1) is 20.9. The van der Waals surface area contributed by atoms with Crippen LogP contribution in [-0.2, 0) is 0 Å². The zero-order valence-electron chi connectivity index (χ0n) is 12.4. The molecule has 1 N–H and O–H groups in total. The van der Waals surface area contributed by atoms with Gasteiger partial charge in [0, 0.05) is 37.2 Å². The van der Waals surface area contributed by atoms with Gasteiger partial charge in [0.05, 0.1) is 0 Å². The molecule has 1 heterocycles. The van der Waals surface area contributed by atoms with Crippen LogP contribution < -0.4 is 5.32 Å². The Morgan fingerprint density at radius 1 is 1.24 bits per heavy atom. The average molecular weight is 358 g/mol. The normalized spacial score (nSPS) is 17.0. The highest BCUT2D eigenvalue weighted by molar-refractivity contribution is 6.31. The summed E-state index contributed by atoms with van der Waals surface area (Å²) in [5, 5.41) is 4.02. The van der Waals surface area contributed by atoms with Crippen LogP contribution in [0.15, 0.2) is 18.2 Å². The molecule has 6 heteroatoms. The van der Waals surface area contributed by atoms with Crippen LogP contribution in [0.2, 0.25) is 5.02 Å². The highest BCUT2D eigenvalue weighted by Crippen LogP contribution is 2.33. The Hall–Kier alpha value is -0.0600. The van der Waals surface area contributed by atoms with Crippen molar-refractivity contribution in [3.05, 3.63) is 34.6 Å². The van der Waals surface area contributed by atoms with Crippen LogP contribution in [0.1, 0.15) is 31.9 Å². The van der Waals surface area contributed by atoms with Gasteiger partial charge in [-0.05, 0) is 36.1 Å². The van der Waals surface area contributed by atoms with Gasteiger partial charge in [-0.25, -0.2) is 4.39 Å². The minimum atomic E-state index is -0.205. The second-order valence-corrected chi connectivity index (χ2v) is 6.00. The molecule has 0 aromatic heterocycles. The van der Waals surface area contributed by atoms with Crippen LogP contribution in [0.3, 0.4) is 0 Å². The molecule has 0 amide bonds. The first-order valence-electron chi connectivity index (χ1n) is 6.97. The average Bonchev–Trinajstić information content (AvgIpc) is 2.40. The Kier molecular flexibility index (Phi) is 9.83. The third kappa shape index (κ3) is 5.91. The highest BCUT2D eigenvalue weighted by Gasteiger charge is 2.25. The van der Waals surface area contributed by atoms with Gasteiger partial charge >= 0.3 is 0 Å². The zero-order valence-corrected chi connectivity index (χ0v) is 14.8. The van der Waals surface area contributed by atoms with Crippen molar-refractivity contribution < 1.29 is 4.39 Å². The maximum Gasteiger partial charge on any atom is 0.123 e. The minimum Gasteiger partial charge on any atom is -0.314 e. The fourth-order valence-corrected chi connectivity index (χ4v) is 2.93. The van der Waals surface area contributed by atoms with Crippen LogP contribution in [0.4, 0.5) is 4.39 Å². The number of nitrogens with one attached hydrogen (secondary N) is 1. The van der Waals surface area contributed by atoms with Gasteiger partial charge in [0.15, 0.2) is 0 Å². The second-order valence-electron chi connectivity index (χ2n) is 5.60. The maximum atomic E-state index is 13.5. The summed E-state index contributed by atoms with van der Waals surface area (Å²) in [6, 6.07) is 4.90. The van der Waals surface area contributed by atoms with Gasteiger partial charge in [0.25, 0.3) is 0 Å². The van der Waals surface area contributed by atoms with Gasteiger partial charge in [0.1, 0.15) is 5.82 Å². The molecule has 21 heavy (non-hydrogen) atoms. The summed E-state index contributed by atoms with van der Waals surface area (Å²) in [6.07, 6.45) is 1.00. The Bertz CT molecular complexity index is 423. The van der Waals surface area contributed by atoms with Crippen LogP contribution in [0, 0.1) is 11.7 Å². The van der Waals surface area contributed by atoms with Gasteiger partial charge < -0.3 is 5.32 Å². The smallest absolute Gasteiger partial charge is 0.123 e. The molecule has 2 rings (SSSR count). The number of halogens is 4. The van der Waals surface area contributed by atoms with E-state index in [-0.39, 0.29) is 36.7 Å². The topological polar surface area (TPSA) is 15.3 Å². The molecule has 1 aromatic rings. The quantitative estimate of drug-likeness (QED) is 0.863. The molecular weight excluding hydrogens is 334 g/mol. The lowest BCUT2D eigenvalue weighted by atomic mass is 9.95. The predicted octanol–water partition coefficient (Wildman–Crippen LogP) is 4.32. The number of rotatable bonds is 4. The van der Waals surface area contributed by atoms with E-state index in [1.54, 1.807) is 12.1 Å². The summed E-state index contributed by atoms with van der Waals surface area (Å²) >= 11 is 6.28. The summed E-state index contributed by atoms with van der Waals surface area (Å²) in [5.74, 6) is 0.350. The van der Waals surface area contributed by atoms with E-state index in [4.69, 9.17) is 11.6 Å². The van der Waals surface area contributed by atoms with Crippen molar-refractivity contribution in [3.8, 4) is 0 Å². The number of piperazine rings is 1. The van der Waals surface area contributed by atoms with Crippen LogP contribution in [-0.4, -0.2) is 31.1 Å². The highest BCUT2D eigenvalue weighted by atomic mass is 35.5. The lowest BCUT2D eigenvalue weighted by molar-refractivity contribution is 0.154. The maximum absolute atomic E-state index is 13.5. The predicted molar refractivity (Wildman–Crippen MR) is 92.5 cm³/mol. The molecule has 0 aliphatic carbocycles. The molecule has 122 valence electrons. The molecule has 1 fully saturated rings. The van der Waals surface area contributed by atoms with Crippen LogP contribution in [0.25, 0.3) is 0 Å². The van der Waals surface area contributed by atoms with E-state index in [1.165, 1.54) is 6.07 Å². The lowest BCUT2D eigenvalue weighted by Crippen LogP contribution is -2.45. The summed E-state index contributed by atoms with van der Waals surface area (Å²) in [4.78, 5) is 2.41. The van der Waals surface area contributed by atoms with E-state index in [2.05, 4.69) is 24.1 Å². The second kappa shape index (κ2) is 9.86. The molecule has 2 nitrogen and oxygen atoms in total. The Labute approximate surface area is 144 Å². The van der Waals surface area contributed by atoms with Crippen LogP contribution >= 0.6 is 36.4 Å². The van der Waals surface area contributed by atoms with E-state index in [1.807, 2.05) is 0 Å². The third-order valence-corrected chi connectivity index (χ3v) is 3.95. The van der Waals surface area contributed by atoms with Gasteiger partial charge in [0.2, 0.25) is 0 Å². The van der Waals surface area contributed by atoms with Crippen molar-refractivity contribution in [2.45, 2.75) is 26.3 Å². The van der Waals surface area contributed by atoms with Gasteiger partial charge in [-0.2, -0.15) is 0 Å². The summed E-state index contributed by atoms with van der Waals surface area (Å²) in [5.41, 5.74) is 0.928. The molecule has 0 bridgehead atoms. The van der Waals surface area contributed by atoms with Crippen molar-refractivity contribution >= 4 is 36.4 Å². The minimum absolute atomic E-state index is 0. The van der Waals surface area contributed by atoms with Gasteiger partial charge in [-0.15, -0.1) is 24.8 Å². The Morgan fingerprint density at radius 3 is 2.43 bits per heavy atom. The van der Waals surface area contributed by atoms with E-state index in [0.717, 1.165) is 38.2 Å². The monoisotopic (exact) mass is 356 g/mol. The molecule has 1 atom stereocenters. The Balaban J connectivity index is 0.00000200. The molecule has 1 aromatic carbocycles. The first-order valence-corrected chi connectivity index (χ1v) is 7.35. The van der Waals surface area contributed by atoms with Crippen molar-refractivity contribution in [2.75, 3.05) is 26.2 Å². The van der Waals surface area contributed by atoms with Crippen molar-refractivity contribution in [1.82, 2.24) is 10.2 Å². The largest absolute Gasteiger partial charge is 0.314 e. The summed E-state index contributed by atoms with van der Waals surface area (Å²) < 4.78 is 13.5. The fourth-order valence-electron chi connectivity index (χ4n) is 2.68. The molecule has 0 radical (unpaired) electrons. The lowest BCUT2D eigenvalue weighted by Gasteiger charge is -2.36. The number of hydrogen-bond donors (Lipinski definition) is 1. The van der Waals surface area contributed by atoms with E-state index in [0.29, 0.717) is 10.9 Å². The number of nitrogens with zero attached hydrogens (tertiary/aromatic N) is 1. The summed E-state index contributed by atoms with van der Waals surface area (Å²) in [7, 11) is 0. The van der Waals surface area contributed by atoms with Gasteiger partial charge in [-0.1, -0.05) is 25.4 Å². The molecule has 1 saturated heterocycles. The Morgan fingerprint density at radius 2 is 1.86 bits per heavy atom. The molecule has 1 aliphatic rings. The SMILES string of the molecule is CC(C)C[C@@H](c1cc(F)ccc1Cl)N1CCNCC1.Cl.Cl. The molecule has 0 saturated carbocycles. The number of benzene rings is 1. The summed E-state index contributed by atoms with van der Waals surface area (Å²) in [6.45, 7) is 8.35. The first-order chi connectivity index (χ1) is 9.08. The van der Waals surface area contributed by atoms with Gasteiger partial charge in [-0.3, -0.25) is 4.90 Å². The molecule has 0 spiro atoms. The molecule has 0 unspecified atom stereocenters. The van der Waals surface area contributed by atoms with E-state index >= 15 is 0 Å². The third-order valence-electron chi connectivity index (χ3n) is 3.60. The van der Waals surface area contributed by atoms with E-state index in [9.17, 15) is 4.39 Å².